The summed E-state index contributed by atoms with van der Waals surface area (Å²) in [5, 5.41) is 3.96. The van der Waals surface area contributed by atoms with Crippen molar-refractivity contribution in [3.63, 3.8) is 0 Å². The molecule has 9 heteroatoms. The highest BCUT2D eigenvalue weighted by molar-refractivity contribution is 5.92. The molecule has 3 aromatic rings. The van der Waals surface area contributed by atoms with Crippen LogP contribution in [0.2, 0.25) is 0 Å². The first kappa shape index (κ1) is 29.0. The molecule has 6 heterocycles. The Labute approximate surface area is 245 Å². The highest BCUT2D eigenvalue weighted by atomic mass is 19.3. The van der Waals surface area contributed by atoms with E-state index in [-0.39, 0.29) is 18.1 Å². The first-order valence-electron chi connectivity index (χ1n) is 15.4. The molecule has 2 atom stereocenters. The van der Waals surface area contributed by atoms with Gasteiger partial charge in [0.15, 0.2) is 11.5 Å². The van der Waals surface area contributed by atoms with Gasteiger partial charge in [0.2, 0.25) is 0 Å². The first-order chi connectivity index (χ1) is 20.3. The fourth-order valence-corrected chi connectivity index (χ4v) is 6.56. The van der Waals surface area contributed by atoms with E-state index in [2.05, 4.69) is 15.3 Å². The minimum absolute atomic E-state index is 0.0881. The Morgan fingerprint density at radius 3 is 2.64 bits per heavy atom. The zero-order valence-corrected chi connectivity index (χ0v) is 24.4. The van der Waals surface area contributed by atoms with Gasteiger partial charge in [-0.3, -0.25) is 0 Å². The number of benzene rings is 2. The number of nitrogens with zero attached hydrogens (tertiary/aromatic N) is 2. The summed E-state index contributed by atoms with van der Waals surface area (Å²) in [6, 6.07) is 7.38. The van der Waals surface area contributed by atoms with Crippen molar-refractivity contribution in [2.45, 2.75) is 89.7 Å². The van der Waals surface area contributed by atoms with E-state index < -0.39 is 23.3 Å². The van der Waals surface area contributed by atoms with Gasteiger partial charge in [-0.15, -0.1) is 0 Å². The molecule has 6 aliphatic rings. The third kappa shape index (κ3) is 6.31. The smallest absolute Gasteiger partial charge is 0.276 e. The van der Waals surface area contributed by atoms with Crippen LogP contribution in [0.1, 0.15) is 87.7 Å². The Balaban J connectivity index is 1.36. The fourth-order valence-electron chi connectivity index (χ4n) is 6.56. The molecule has 1 saturated carbocycles. The van der Waals surface area contributed by atoms with E-state index in [0.717, 1.165) is 44.9 Å². The maximum absolute atomic E-state index is 15.7. The monoisotopic (exact) mass is 583 g/mol. The van der Waals surface area contributed by atoms with Crippen LogP contribution in [0.5, 0.6) is 11.5 Å². The number of anilines is 1. The molecular weight excluding hydrogens is 543 g/mol. The molecule has 5 aliphatic heterocycles. The highest BCUT2D eigenvalue weighted by Gasteiger charge is 2.38. The molecule has 226 valence electrons. The van der Waals surface area contributed by atoms with Gasteiger partial charge in [0.25, 0.3) is 5.92 Å². The van der Waals surface area contributed by atoms with Crippen LogP contribution >= 0.6 is 0 Å². The van der Waals surface area contributed by atoms with Gasteiger partial charge in [-0.25, -0.2) is 23.1 Å². The third-order valence-electron chi connectivity index (χ3n) is 9.01. The van der Waals surface area contributed by atoms with Crippen molar-refractivity contribution >= 4 is 16.7 Å². The van der Waals surface area contributed by atoms with Crippen LogP contribution in [-0.4, -0.2) is 35.9 Å². The van der Waals surface area contributed by atoms with Crippen molar-refractivity contribution in [3.05, 3.63) is 53.1 Å². The molecule has 2 fully saturated rings. The quantitative estimate of drug-likeness (QED) is 0.328. The molecule has 1 saturated heterocycles. The van der Waals surface area contributed by atoms with Crippen LogP contribution in [0.25, 0.3) is 10.9 Å². The van der Waals surface area contributed by atoms with Gasteiger partial charge < -0.3 is 19.5 Å². The normalized spacial score (nSPS) is 26.5. The van der Waals surface area contributed by atoms with E-state index in [1.54, 1.807) is 19.9 Å². The summed E-state index contributed by atoms with van der Waals surface area (Å²) in [7, 11) is 0. The Morgan fingerprint density at radius 2 is 1.83 bits per heavy atom. The molecule has 0 amide bonds. The van der Waals surface area contributed by atoms with E-state index in [1.807, 2.05) is 12.1 Å². The molecule has 0 radical (unpaired) electrons. The summed E-state index contributed by atoms with van der Waals surface area (Å²) in [4.78, 5) is 9.25. The van der Waals surface area contributed by atoms with Gasteiger partial charge in [-0.05, 0) is 57.4 Å². The van der Waals surface area contributed by atoms with Crippen molar-refractivity contribution < 1.29 is 27.4 Å². The van der Waals surface area contributed by atoms with Crippen molar-refractivity contribution in [1.29, 1.82) is 0 Å². The van der Waals surface area contributed by atoms with Crippen LogP contribution in [0.4, 0.5) is 19.0 Å². The average molecular weight is 584 g/mol. The summed E-state index contributed by atoms with van der Waals surface area (Å²) in [6.07, 6.45) is 6.91. The van der Waals surface area contributed by atoms with Gasteiger partial charge in [-0.1, -0.05) is 37.5 Å². The second kappa shape index (κ2) is 12.3. The predicted octanol–water partition coefficient (Wildman–Crippen LogP) is 8.27. The molecule has 1 N–H and O–H groups in total. The highest BCUT2D eigenvalue weighted by Crippen LogP contribution is 2.45. The lowest BCUT2D eigenvalue weighted by atomic mass is 9.70. The van der Waals surface area contributed by atoms with Crippen LogP contribution in [0.3, 0.4) is 0 Å². The van der Waals surface area contributed by atoms with Crippen molar-refractivity contribution in [1.82, 2.24) is 9.97 Å². The first-order valence-corrected chi connectivity index (χ1v) is 15.4. The summed E-state index contributed by atoms with van der Waals surface area (Å²) >= 11 is 0. The van der Waals surface area contributed by atoms with Crippen LogP contribution in [0.15, 0.2) is 30.3 Å². The molecule has 9 rings (SSSR count). The minimum Gasteiger partial charge on any atom is -0.490 e. The number of aromatic nitrogens is 2. The average Bonchev–Trinajstić information content (AvgIpc) is 3.44. The maximum Gasteiger partial charge on any atom is 0.276 e. The number of ether oxygens (including phenoxy) is 3. The minimum atomic E-state index is -3.23. The lowest BCUT2D eigenvalue weighted by molar-refractivity contribution is -0.0288. The zero-order valence-electron chi connectivity index (χ0n) is 24.4. The second-order valence-electron chi connectivity index (χ2n) is 12.3. The fraction of sp³-hybridized carbons (Fsp3) is 0.576. The summed E-state index contributed by atoms with van der Waals surface area (Å²) in [6.45, 7) is 5.25. The predicted molar refractivity (Wildman–Crippen MR) is 156 cm³/mol. The van der Waals surface area contributed by atoms with Gasteiger partial charge >= 0.3 is 0 Å². The Hall–Kier alpha value is -3.07. The standard InChI is InChI=1S/C33H40F3N3O3/c1-20-25-8-6-9-27(31(25)34)33(35,36)12-10-23-15-22(16-23)7-4-3-5-13-41-29-18-28-26(32(37-20)39-21(2)38-28)17-30(29)42-24-11-14-40-19-24/h6,8-9,17-18,20,22-24H,3-5,7,10-16,19H2,1-2H3,(H,37,38,39)/t20-,22?,23?,24?/m1/s1. The van der Waals surface area contributed by atoms with Gasteiger partial charge in [0.1, 0.15) is 23.6 Å². The molecule has 1 unspecified atom stereocenters. The number of halogens is 3. The Morgan fingerprint density at radius 1 is 1.00 bits per heavy atom. The topological polar surface area (TPSA) is 65.5 Å². The largest absolute Gasteiger partial charge is 0.490 e. The summed E-state index contributed by atoms with van der Waals surface area (Å²) in [5.41, 5.74) is 0.290. The number of rotatable bonds is 2. The van der Waals surface area contributed by atoms with Gasteiger partial charge in [-0.2, -0.15) is 0 Å². The Kier molecular flexibility index (Phi) is 8.48. The van der Waals surface area contributed by atoms with E-state index in [9.17, 15) is 0 Å². The number of alkyl halides is 2. The van der Waals surface area contributed by atoms with Crippen molar-refractivity contribution in [2.75, 3.05) is 25.1 Å². The summed E-state index contributed by atoms with van der Waals surface area (Å²) < 4.78 is 64.6. The molecule has 42 heavy (non-hydrogen) atoms. The van der Waals surface area contributed by atoms with E-state index >= 15 is 13.2 Å². The third-order valence-corrected chi connectivity index (χ3v) is 9.01. The van der Waals surface area contributed by atoms with Crippen LogP contribution < -0.4 is 14.8 Å². The Bertz CT molecular complexity index is 1410. The molecule has 8 bridgehead atoms. The lowest BCUT2D eigenvalue weighted by Crippen LogP contribution is -2.26. The van der Waals surface area contributed by atoms with Crippen LogP contribution in [-0.2, 0) is 10.7 Å². The molecular formula is C33H40F3N3O3. The number of nitrogens with one attached hydrogen (secondary N) is 1. The van der Waals surface area contributed by atoms with E-state index in [4.69, 9.17) is 14.2 Å². The number of aryl methyl sites for hydroxylation is 1. The number of hydrogen-bond donors (Lipinski definition) is 1. The number of hydrogen-bond acceptors (Lipinski definition) is 6. The maximum atomic E-state index is 15.7. The molecule has 6 nitrogen and oxygen atoms in total. The lowest BCUT2D eigenvalue weighted by Gasteiger charge is -2.36. The van der Waals surface area contributed by atoms with Gasteiger partial charge in [0.05, 0.1) is 36.9 Å². The zero-order chi connectivity index (χ0) is 29.3. The molecule has 0 spiro atoms. The molecule has 2 aromatic carbocycles. The summed E-state index contributed by atoms with van der Waals surface area (Å²) in [5.74, 6) is -1.01. The molecule has 1 aromatic heterocycles. The van der Waals surface area contributed by atoms with Crippen molar-refractivity contribution in [2.24, 2.45) is 11.8 Å². The second-order valence-corrected chi connectivity index (χ2v) is 12.3. The molecule has 1 aliphatic carbocycles. The van der Waals surface area contributed by atoms with Gasteiger partial charge in [0, 0.05) is 29.9 Å². The van der Waals surface area contributed by atoms with E-state index in [1.165, 1.54) is 12.1 Å². The SMILES string of the molecule is Cc1nc2c3cc(OC4CCOC4)c(cc3n1)OCCCCCC1CC(CCC(F)(F)c3cccc(c3F)[C@@H](C)N2)C1. The van der Waals surface area contributed by atoms with Crippen molar-refractivity contribution in [3.8, 4) is 11.5 Å². The van der Waals surface area contributed by atoms with Crippen LogP contribution in [0, 0.1) is 24.6 Å². The van der Waals surface area contributed by atoms with E-state index in [0.29, 0.717) is 72.1 Å².